The average molecular weight is 384 g/mol. The van der Waals surface area contributed by atoms with Crippen molar-refractivity contribution in [3.63, 3.8) is 0 Å². The molecular weight excluding hydrogens is 346 g/mol. The van der Waals surface area contributed by atoms with Gasteiger partial charge < -0.3 is 5.32 Å². The van der Waals surface area contributed by atoms with Crippen LogP contribution in [0.4, 0.5) is 0 Å². The van der Waals surface area contributed by atoms with Crippen molar-refractivity contribution in [2.24, 2.45) is 46.3 Å². The third-order valence-corrected chi connectivity index (χ3v) is 9.96. The first-order valence-electron chi connectivity index (χ1n) is 11.9. The Labute approximate surface area is 170 Å². The van der Waals surface area contributed by atoms with Gasteiger partial charge in [0.15, 0.2) is 0 Å². The molecule has 28 heavy (non-hydrogen) atoms. The van der Waals surface area contributed by atoms with E-state index in [-0.39, 0.29) is 16.7 Å². The quantitative estimate of drug-likeness (QED) is 0.711. The molecule has 0 radical (unpaired) electrons. The first-order valence-corrected chi connectivity index (χ1v) is 11.9. The van der Waals surface area contributed by atoms with Gasteiger partial charge in [-0.3, -0.25) is 9.59 Å². The van der Waals surface area contributed by atoms with Gasteiger partial charge in [0.2, 0.25) is 0 Å². The van der Waals surface area contributed by atoms with Crippen LogP contribution in [0.3, 0.4) is 0 Å². The van der Waals surface area contributed by atoms with Gasteiger partial charge in [0, 0.05) is 30.7 Å². The molecule has 3 nitrogen and oxygen atoms in total. The Balaban J connectivity index is 1.34. The first-order chi connectivity index (χ1) is 13.4. The van der Waals surface area contributed by atoms with Gasteiger partial charge >= 0.3 is 0 Å². The number of allylic oxidation sites excluding steroid dienone is 1. The number of carbonyl (C=O) groups excluding carboxylic acids is 2. The summed E-state index contributed by atoms with van der Waals surface area (Å²) >= 11 is 0. The van der Waals surface area contributed by atoms with Gasteiger partial charge in [-0.15, -0.1) is 0 Å². The fraction of sp³-hybridized carbons (Fsp3) is 0.840. The van der Waals surface area contributed by atoms with Crippen molar-refractivity contribution in [3.8, 4) is 0 Å². The van der Waals surface area contributed by atoms with E-state index in [4.69, 9.17) is 0 Å². The second-order valence-corrected chi connectivity index (χ2v) is 11.2. The predicted octanol–water partition coefficient (Wildman–Crippen LogP) is 4.56. The lowest BCUT2D eigenvalue weighted by Crippen LogP contribution is -2.56. The van der Waals surface area contributed by atoms with Gasteiger partial charge in [0.1, 0.15) is 11.6 Å². The minimum atomic E-state index is -0.125. The zero-order chi connectivity index (χ0) is 19.5. The SMILES string of the molecule is C[C@]12CCC(/C=C\[C@@H]3CCNC3)CC1C(=O)C[C@@H]1[C@@H]2CC[C@]2(C)C(=O)CC[C@@H]12. The number of rotatable bonds is 2. The summed E-state index contributed by atoms with van der Waals surface area (Å²) in [7, 11) is 0. The van der Waals surface area contributed by atoms with Crippen LogP contribution in [0.5, 0.6) is 0 Å². The molecule has 0 aromatic heterocycles. The molecule has 0 amide bonds. The normalized spacial score (nSPS) is 51.2. The Morgan fingerprint density at radius 3 is 2.57 bits per heavy atom. The number of hydrogen-bond acceptors (Lipinski definition) is 3. The van der Waals surface area contributed by atoms with E-state index >= 15 is 0 Å². The number of carbonyl (C=O) groups is 2. The minimum Gasteiger partial charge on any atom is -0.316 e. The Morgan fingerprint density at radius 1 is 0.964 bits per heavy atom. The second kappa shape index (κ2) is 6.79. The van der Waals surface area contributed by atoms with Crippen LogP contribution in [0.15, 0.2) is 12.2 Å². The van der Waals surface area contributed by atoms with E-state index in [0.717, 1.165) is 51.6 Å². The molecule has 3 heteroatoms. The third kappa shape index (κ3) is 2.79. The summed E-state index contributed by atoms with van der Waals surface area (Å²) in [5.74, 6) is 4.11. The lowest BCUT2D eigenvalue weighted by molar-refractivity contribution is -0.157. The Kier molecular flexibility index (Phi) is 4.61. The smallest absolute Gasteiger partial charge is 0.139 e. The predicted molar refractivity (Wildman–Crippen MR) is 111 cm³/mol. The molecule has 1 saturated heterocycles. The summed E-state index contributed by atoms with van der Waals surface area (Å²) in [6, 6.07) is 0. The van der Waals surface area contributed by atoms with Crippen LogP contribution in [-0.4, -0.2) is 24.7 Å². The molecular formula is C25H37NO2. The van der Waals surface area contributed by atoms with Crippen molar-refractivity contribution in [2.75, 3.05) is 13.1 Å². The van der Waals surface area contributed by atoms with Crippen molar-refractivity contribution < 1.29 is 9.59 Å². The van der Waals surface area contributed by atoms with E-state index in [2.05, 4.69) is 31.3 Å². The highest BCUT2D eigenvalue weighted by Gasteiger charge is 2.62. The highest BCUT2D eigenvalue weighted by molar-refractivity contribution is 5.88. The number of fused-ring (bicyclic) bond motifs is 5. The van der Waals surface area contributed by atoms with Crippen LogP contribution in [0.1, 0.15) is 71.6 Å². The fourth-order valence-corrected chi connectivity index (χ4v) is 8.17. The molecule has 0 bridgehead atoms. The van der Waals surface area contributed by atoms with Crippen LogP contribution < -0.4 is 5.32 Å². The highest BCUT2D eigenvalue weighted by atomic mass is 16.1. The molecule has 5 fully saturated rings. The molecule has 1 N–H and O–H groups in total. The van der Waals surface area contributed by atoms with E-state index in [1.165, 1.54) is 19.3 Å². The fourth-order valence-electron chi connectivity index (χ4n) is 8.17. The van der Waals surface area contributed by atoms with E-state index in [1.54, 1.807) is 0 Å². The van der Waals surface area contributed by atoms with Gasteiger partial charge in [-0.1, -0.05) is 26.0 Å². The Bertz CT molecular complexity index is 693. The monoisotopic (exact) mass is 383 g/mol. The molecule has 2 unspecified atom stereocenters. The molecule has 5 aliphatic rings. The lowest BCUT2D eigenvalue weighted by atomic mass is 9.44. The molecule has 4 saturated carbocycles. The number of Topliss-reactive ketones (excluding diaryl/α,β-unsaturated/α-hetero) is 2. The molecule has 0 spiro atoms. The molecule has 1 heterocycles. The zero-order valence-corrected chi connectivity index (χ0v) is 17.7. The summed E-state index contributed by atoms with van der Waals surface area (Å²) in [6.07, 6.45) is 14.4. The Morgan fingerprint density at radius 2 is 1.79 bits per heavy atom. The largest absolute Gasteiger partial charge is 0.316 e. The molecule has 8 atom stereocenters. The van der Waals surface area contributed by atoms with Gasteiger partial charge in [-0.2, -0.15) is 0 Å². The zero-order valence-electron chi connectivity index (χ0n) is 17.7. The number of hydrogen-bond donors (Lipinski definition) is 1. The number of nitrogens with one attached hydrogen (secondary N) is 1. The maximum absolute atomic E-state index is 13.4. The van der Waals surface area contributed by atoms with Gasteiger partial charge in [-0.05, 0) is 86.5 Å². The maximum Gasteiger partial charge on any atom is 0.139 e. The van der Waals surface area contributed by atoms with E-state index in [1.807, 2.05) is 0 Å². The van der Waals surface area contributed by atoms with Crippen LogP contribution in [0, 0.1) is 46.3 Å². The molecule has 0 aromatic carbocycles. The first kappa shape index (κ1) is 19.0. The molecule has 1 aliphatic heterocycles. The van der Waals surface area contributed by atoms with Crippen LogP contribution in [0.25, 0.3) is 0 Å². The van der Waals surface area contributed by atoms with E-state index in [0.29, 0.717) is 41.2 Å². The van der Waals surface area contributed by atoms with Crippen molar-refractivity contribution in [2.45, 2.75) is 71.6 Å². The number of ketones is 2. The van der Waals surface area contributed by atoms with E-state index in [9.17, 15) is 9.59 Å². The van der Waals surface area contributed by atoms with Gasteiger partial charge in [-0.25, -0.2) is 0 Å². The maximum atomic E-state index is 13.4. The topological polar surface area (TPSA) is 46.2 Å². The standard InChI is InChI=1S/C25H37NO2/c1-24-10-7-16(3-4-17-9-12-26-15-17)13-21(24)22(27)14-18-19-5-6-23(28)25(19,2)11-8-20(18)24/h3-4,16-21,26H,5-15H2,1-2H3/b4-3-/t16?,17-,18+,19+,20+,21?,24-,25+/m1/s1. The van der Waals surface area contributed by atoms with Crippen molar-refractivity contribution in [1.29, 1.82) is 0 Å². The average Bonchev–Trinajstić information content (AvgIpc) is 3.29. The molecule has 154 valence electrons. The van der Waals surface area contributed by atoms with E-state index < -0.39 is 0 Å². The van der Waals surface area contributed by atoms with Crippen LogP contribution in [-0.2, 0) is 9.59 Å². The van der Waals surface area contributed by atoms with Crippen molar-refractivity contribution in [1.82, 2.24) is 5.32 Å². The third-order valence-electron chi connectivity index (χ3n) is 9.96. The minimum absolute atomic E-state index is 0.125. The summed E-state index contributed by atoms with van der Waals surface area (Å²) in [5, 5.41) is 3.44. The lowest BCUT2D eigenvalue weighted by Gasteiger charge is -2.59. The second-order valence-electron chi connectivity index (χ2n) is 11.2. The van der Waals surface area contributed by atoms with Gasteiger partial charge in [0.25, 0.3) is 0 Å². The molecule has 0 aromatic rings. The summed E-state index contributed by atoms with van der Waals surface area (Å²) in [5.41, 5.74) is 0.0477. The molecule has 5 rings (SSSR count). The van der Waals surface area contributed by atoms with Gasteiger partial charge in [0.05, 0.1) is 0 Å². The molecule has 4 aliphatic carbocycles. The van der Waals surface area contributed by atoms with Crippen molar-refractivity contribution in [3.05, 3.63) is 12.2 Å². The van der Waals surface area contributed by atoms with Crippen molar-refractivity contribution >= 4 is 11.6 Å². The highest BCUT2D eigenvalue weighted by Crippen LogP contribution is 2.65. The van der Waals surface area contributed by atoms with Crippen LogP contribution in [0.2, 0.25) is 0 Å². The Hall–Kier alpha value is -0.960. The summed E-state index contributed by atoms with van der Waals surface area (Å²) in [6.45, 7) is 6.91. The summed E-state index contributed by atoms with van der Waals surface area (Å²) < 4.78 is 0. The summed E-state index contributed by atoms with van der Waals surface area (Å²) in [4.78, 5) is 25.9. The van der Waals surface area contributed by atoms with Crippen LogP contribution >= 0.6 is 0 Å².